The van der Waals surface area contributed by atoms with Crippen molar-refractivity contribution in [2.24, 2.45) is 0 Å². The fraction of sp³-hybridized carbons (Fsp3) is 0.720. The van der Waals surface area contributed by atoms with Gasteiger partial charge in [-0.2, -0.15) is 0 Å². The first-order chi connectivity index (χ1) is 14.9. The summed E-state index contributed by atoms with van der Waals surface area (Å²) in [7, 11) is 0. The largest absolute Gasteiger partial charge is 0.491 e. The molecule has 0 heterocycles. The molecule has 0 aliphatic carbocycles. The van der Waals surface area contributed by atoms with E-state index in [2.05, 4.69) is 24.4 Å². The fourth-order valence-corrected chi connectivity index (χ4v) is 2.94. The molecule has 0 spiro atoms. The molecule has 31 heavy (non-hydrogen) atoms. The Morgan fingerprint density at radius 1 is 0.839 bits per heavy atom. The minimum Gasteiger partial charge on any atom is -0.491 e. The van der Waals surface area contributed by atoms with Crippen molar-refractivity contribution in [3.05, 3.63) is 29.8 Å². The van der Waals surface area contributed by atoms with Gasteiger partial charge in [-0.1, -0.05) is 51.2 Å². The third-order valence-corrected chi connectivity index (χ3v) is 4.53. The summed E-state index contributed by atoms with van der Waals surface area (Å²) in [5.74, 6) is 0.875. The van der Waals surface area contributed by atoms with Crippen molar-refractivity contribution in [3.8, 4) is 5.75 Å². The van der Waals surface area contributed by atoms with Crippen molar-refractivity contribution in [3.63, 3.8) is 0 Å². The maximum atomic E-state index is 11.5. The Balaban J connectivity index is 1.94. The number of amides is 1. The van der Waals surface area contributed by atoms with E-state index < -0.39 is 11.7 Å². The Morgan fingerprint density at radius 2 is 1.45 bits per heavy atom. The Hall–Kier alpha value is -1.79. The molecule has 1 amide bonds. The summed E-state index contributed by atoms with van der Waals surface area (Å²) in [6.45, 7) is 10.6. The number of aryl methyl sites for hydroxylation is 1. The molecular formula is C25H43NO5. The van der Waals surface area contributed by atoms with Crippen LogP contribution < -0.4 is 10.1 Å². The van der Waals surface area contributed by atoms with E-state index >= 15 is 0 Å². The number of alkyl carbamates (subject to hydrolysis) is 1. The van der Waals surface area contributed by atoms with Crippen LogP contribution in [-0.4, -0.2) is 51.3 Å². The quantitative estimate of drug-likeness (QED) is 0.325. The van der Waals surface area contributed by atoms with Gasteiger partial charge in [-0.15, -0.1) is 0 Å². The molecule has 0 saturated heterocycles. The second kappa shape index (κ2) is 16.8. The van der Waals surface area contributed by atoms with Gasteiger partial charge in [0, 0.05) is 6.54 Å². The van der Waals surface area contributed by atoms with Crippen molar-refractivity contribution in [2.75, 3.05) is 39.6 Å². The van der Waals surface area contributed by atoms with Crippen LogP contribution in [0, 0.1) is 0 Å². The highest BCUT2D eigenvalue weighted by molar-refractivity contribution is 5.67. The van der Waals surface area contributed by atoms with Crippen LogP contribution in [0.2, 0.25) is 0 Å². The number of benzene rings is 1. The Labute approximate surface area is 189 Å². The Bertz CT molecular complexity index is 568. The van der Waals surface area contributed by atoms with Gasteiger partial charge in [0.15, 0.2) is 0 Å². The third-order valence-electron chi connectivity index (χ3n) is 4.53. The number of hydrogen-bond acceptors (Lipinski definition) is 5. The van der Waals surface area contributed by atoms with E-state index in [9.17, 15) is 4.79 Å². The minimum atomic E-state index is -0.490. The summed E-state index contributed by atoms with van der Waals surface area (Å²) in [6.07, 6.45) is 8.66. The van der Waals surface area contributed by atoms with Gasteiger partial charge in [-0.3, -0.25) is 0 Å². The molecule has 0 aliphatic heterocycles. The van der Waals surface area contributed by atoms with Gasteiger partial charge in [-0.25, -0.2) is 4.79 Å². The number of nitrogens with one attached hydrogen (secondary N) is 1. The van der Waals surface area contributed by atoms with E-state index in [0.717, 1.165) is 12.2 Å². The number of rotatable bonds is 17. The van der Waals surface area contributed by atoms with E-state index in [0.29, 0.717) is 39.6 Å². The van der Waals surface area contributed by atoms with E-state index in [-0.39, 0.29) is 0 Å². The van der Waals surface area contributed by atoms with Gasteiger partial charge in [-0.05, 0) is 51.3 Å². The van der Waals surface area contributed by atoms with Crippen LogP contribution in [0.4, 0.5) is 4.79 Å². The smallest absolute Gasteiger partial charge is 0.407 e. The molecule has 1 aromatic rings. The molecule has 0 aromatic heterocycles. The lowest BCUT2D eigenvalue weighted by Crippen LogP contribution is -2.34. The van der Waals surface area contributed by atoms with Crippen LogP contribution in [0.1, 0.15) is 71.8 Å². The van der Waals surface area contributed by atoms with Crippen LogP contribution in [-0.2, 0) is 20.6 Å². The molecule has 6 heteroatoms. The van der Waals surface area contributed by atoms with Crippen molar-refractivity contribution in [1.82, 2.24) is 5.32 Å². The lowest BCUT2D eigenvalue weighted by atomic mass is 10.0. The maximum Gasteiger partial charge on any atom is 0.407 e. The fourth-order valence-electron chi connectivity index (χ4n) is 2.94. The third kappa shape index (κ3) is 16.6. The van der Waals surface area contributed by atoms with Gasteiger partial charge in [0.1, 0.15) is 18.0 Å². The molecule has 0 unspecified atom stereocenters. The topological polar surface area (TPSA) is 66.0 Å². The molecule has 1 rings (SSSR count). The SMILES string of the molecule is CCCCCCCCc1ccc(OCCOCCOCCNC(=O)OC(C)(C)C)cc1. The van der Waals surface area contributed by atoms with E-state index in [1.165, 1.54) is 44.1 Å². The van der Waals surface area contributed by atoms with Gasteiger partial charge < -0.3 is 24.3 Å². The number of unbranched alkanes of at least 4 members (excludes halogenated alkanes) is 5. The highest BCUT2D eigenvalue weighted by atomic mass is 16.6. The average Bonchev–Trinajstić information content (AvgIpc) is 2.71. The van der Waals surface area contributed by atoms with Crippen LogP contribution in [0.25, 0.3) is 0 Å². The molecule has 0 atom stereocenters. The highest BCUT2D eigenvalue weighted by Gasteiger charge is 2.15. The van der Waals surface area contributed by atoms with Gasteiger partial charge in [0.25, 0.3) is 0 Å². The molecule has 0 aliphatic rings. The lowest BCUT2D eigenvalue weighted by molar-refractivity contribution is 0.0327. The molecular weight excluding hydrogens is 394 g/mol. The second-order valence-electron chi connectivity index (χ2n) is 8.66. The predicted octanol–water partition coefficient (Wildman–Crippen LogP) is 5.53. The van der Waals surface area contributed by atoms with Crippen LogP contribution in [0.3, 0.4) is 0 Å². The predicted molar refractivity (Wildman–Crippen MR) is 125 cm³/mol. The van der Waals surface area contributed by atoms with Crippen molar-refractivity contribution in [2.45, 2.75) is 78.2 Å². The standard InChI is InChI=1S/C25H43NO5/c1-5-6-7-8-9-10-11-22-12-14-23(15-13-22)30-21-20-29-19-18-28-17-16-26-24(27)31-25(2,3)4/h12-15H,5-11,16-21H2,1-4H3,(H,26,27). The van der Waals surface area contributed by atoms with Gasteiger partial charge >= 0.3 is 6.09 Å². The first-order valence-electron chi connectivity index (χ1n) is 11.7. The zero-order valence-corrected chi connectivity index (χ0v) is 20.0. The van der Waals surface area contributed by atoms with Crippen molar-refractivity contribution >= 4 is 6.09 Å². The summed E-state index contributed by atoms with van der Waals surface area (Å²) in [5, 5.41) is 2.65. The van der Waals surface area contributed by atoms with E-state index in [1.54, 1.807) is 0 Å². The maximum absolute atomic E-state index is 11.5. The normalized spacial score (nSPS) is 11.4. The molecule has 6 nitrogen and oxygen atoms in total. The molecule has 0 fully saturated rings. The van der Waals surface area contributed by atoms with E-state index in [1.807, 2.05) is 32.9 Å². The molecule has 0 bridgehead atoms. The zero-order valence-electron chi connectivity index (χ0n) is 20.0. The monoisotopic (exact) mass is 437 g/mol. The van der Waals surface area contributed by atoms with Crippen molar-refractivity contribution < 1.29 is 23.7 Å². The number of ether oxygens (including phenoxy) is 4. The van der Waals surface area contributed by atoms with Crippen LogP contribution in [0.15, 0.2) is 24.3 Å². The molecule has 1 N–H and O–H groups in total. The van der Waals surface area contributed by atoms with Crippen LogP contribution in [0.5, 0.6) is 5.75 Å². The molecule has 178 valence electrons. The minimum absolute atomic E-state index is 0.410. The highest BCUT2D eigenvalue weighted by Crippen LogP contribution is 2.15. The van der Waals surface area contributed by atoms with E-state index in [4.69, 9.17) is 18.9 Å². The number of hydrogen-bond donors (Lipinski definition) is 1. The molecule has 1 aromatic carbocycles. The molecule has 0 radical (unpaired) electrons. The summed E-state index contributed by atoms with van der Waals surface area (Å²) >= 11 is 0. The van der Waals surface area contributed by atoms with Crippen molar-refractivity contribution in [1.29, 1.82) is 0 Å². The lowest BCUT2D eigenvalue weighted by Gasteiger charge is -2.19. The first-order valence-corrected chi connectivity index (χ1v) is 11.7. The average molecular weight is 438 g/mol. The second-order valence-corrected chi connectivity index (χ2v) is 8.66. The van der Waals surface area contributed by atoms with Gasteiger partial charge in [0.2, 0.25) is 0 Å². The first kappa shape index (κ1) is 27.2. The Kier molecular flexibility index (Phi) is 14.8. The number of carbonyl (C=O) groups excluding carboxylic acids is 1. The number of carbonyl (C=O) groups is 1. The molecule has 0 saturated carbocycles. The van der Waals surface area contributed by atoms with Gasteiger partial charge in [0.05, 0.1) is 26.4 Å². The summed E-state index contributed by atoms with van der Waals surface area (Å²) in [4.78, 5) is 11.5. The zero-order chi connectivity index (χ0) is 22.8. The summed E-state index contributed by atoms with van der Waals surface area (Å²) in [6, 6.07) is 8.38. The van der Waals surface area contributed by atoms with Crippen LogP contribution >= 0.6 is 0 Å². The summed E-state index contributed by atoms with van der Waals surface area (Å²) < 4.78 is 21.8. The summed E-state index contributed by atoms with van der Waals surface area (Å²) in [5.41, 5.74) is 0.883. The Morgan fingerprint density at radius 3 is 2.13 bits per heavy atom.